The molecule has 5 heteroatoms. The van der Waals surface area contributed by atoms with Crippen molar-refractivity contribution in [1.82, 2.24) is 0 Å². The van der Waals surface area contributed by atoms with Crippen molar-refractivity contribution in [2.45, 2.75) is 6.42 Å². The van der Waals surface area contributed by atoms with E-state index in [9.17, 15) is 14.4 Å². The van der Waals surface area contributed by atoms with Gasteiger partial charge in [-0.15, -0.1) is 0 Å². The molecule has 0 radical (unpaired) electrons. The number of amides is 1. The molecule has 1 heterocycles. The largest absolute Gasteiger partial charge is 0.458 e. The summed E-state index contributed by atoms with van der Waals surface area (Å²) in [5, 5.41) is 0. The molecule has 5 nitrogen and oxygen atoms in total. The number of hydrogen-bond donors (Lipinski definition) is 0. The number of hydrogen-bond acceptors (Lipinski definition) is 4. The van der Waals surface area contributed by atoms with Crippen LogP contribution in [0.2, 0.25) is 0 Å². The normalized spacial score (nSPS) is 19.3. The van der Waals surface area contributed by atoms with Crippen molar-refractivity contribution in [3.05, 3.63) is 30.3 Å². The molecule has 94 valence electrons. The molecule has 0 N–H and O–H groups in total. The number of esters is 1. The van der Waals surface area contributed by atoms with Gasteiger partial charge >= 0.3 is 5.97 Å². The van der Waals surface area contributed by atoms with Crippen molar-refractivity contribution in [3.8, 4) is 0 Å². The van der Waals surface area contributed by atoms with Crippen LogP contribution >= 0.6 is 0 Å². The summed E-state index contributed by atoms with van der Waals surface area (Å²) in [4.78, 5) is 36.3. The molecule has 1 aromatic carbocycles. The van der Waals surface area contributed by atoms with Gasteiger partial charge in [0.15, 0.2) is 12.4 Å². The van der Waals surface area contributed by atoms with E-state index in [1.54, 1.807) is 31.3 Å². The van der Waals surface area contributed by atoms with E-state index in [-0.39, 0.29) is 24.7 Å². The molecule has 18 heavy (non-hydrogen) atoms. The molecule has 1 unspecified atom stereocenters. The van der Waals surface area contributed by atoms with Crippen LogP contribution in [0.5, 0.6) is 0 Å². The first-order valence-corrected chi connectivity index (χ1v) is 5.60. The summed E-state index contributed by atoms with van der Waals surface area (Å²) >= 11 is 0. The molecule has 1 aromatic rings. The number of para-hydroxylation sites is 1. The number of carbonyl (C=O) groups is 3. The Balaban J connectivity index is 2.15. The molecule has 2 rings (SSSR count). The fourth-order valence-electron chi connectivity index (χ4n) is 1.83. The van der Waals surface area contributed by atoms with Crippen LogP contribution in [0.1, 0.15) is 6.42 Å². The lowest BCUT2D eigenvalue weighted by molar-refractivity contribution is -0.159. The number of nitrogens with zero attached hydrogens (tertiary/aromatic N) is 1. The SMILES string of the molecule is CN(C(=O)C1CC(=O)OCC1=O)c1ccccc1. The van der Waals surface area contributed by atoms with Gasteiger partial charge < -0.3 is 9.64 Å². The van der Waals surface area contributed by atoms with Crippen molar-refractivity contribution in [2.75, 3.05) is 18.6 Å². The van der Waals surface area contributed by atoms with Crippen LogP contribution in [-0.4, -0.2) is 31.3 Å². The lowest BCUT2D eigenvalue weighted by Crippen LogP contribution is -2.42. The zero-order chi connectivity index (χ0) is 13.1. The lowest BCUT2D eigenvalue weighted by atomic mass is 9.97. The van der Waals surface area contributed by atoms with Gasteiger partial charge in [0.25, 0.3) is 0 Å². The Hall–Kier alpha value is -2.17. The predicted octanol–water partition coefficient (Wildman–Crippen LogP) is 0.782. The second-order valence-electron chi connectivity index (χ2n) is 4.12. The lowest BCUT2D eigenvalue weighted by Gasteiger charge is -2.25. The van der Waals surface area contributed by atoms with Crippen LogP contribution in [0.3, 0.4) is 0 Å². The highest BCUT2D eigenvalue weighted by molar-refractivity contribution is 6.11. The van der Waals surface area contributed by atoms with Gasteiger partial charge in [0.2, 0.25) is 5.91 Å². The number of carbonyl (C=O) groups excluding carboxylic acids is 3. The maximum absolute atomic E-state index is 12.2. The van der Waals surface area contributed by atoms with Gasteiger partial charge in [-0.3, -0.25) is 14.4 Å². The fraction of sp³-hybridized carbons (Fsp3) is 0.308. The summed E-state index contributed by atoms with van der Waals surface area (Å²) in [7, 11) is 1.59. The highest BCUT2D eigenvalue weighted by atomic mass is 16.5. The molecule has 0 saturated carbocycles. The Bertz CT molecular complexity index is 483. The van der Waals surface area contributed by atoms with Gasteiger partial charge in [0.1, 0.15) is 5.92 Å². The minimum Gasteiger partial charge on any atom is -0.458 e. The number of anilines is 1. The van der Waals surface area contributed by atoms with E-state index in [2.05, 4.69) is 4.74 Å². The summed E-state index contributed by atoms with van der Waals surface area (Å²) in [6, 6.07) is 8.98. The molecule has 1 fully saturated rings. The Morgan fingerprint density at radius 1 is 1.28 bits per heavy atom. The maximum atomic E-state index is 12.2. The first-order chi connectivity index (χ1) is 8.59. The number of ketones is 1. The van der Waals surface area contributed by atoms with Crippen LogP contribution in [0.15, 0.2) is 30.3 Å². The van der Waals surface area contributed by atoms with Crippen molar-refractivity contribution < 1.29 is 19.1 Å². The molecule has 1 aliphatic heterocycles. The molecule has 0 bridgehead atoms. The van der Waals surface area contributed by atoms with Gasteiger partial charge in [-0.2, -0.15) is 0 Å². The second-order valence-corrected chi connectivity index (χ2v) is 4.12. The van der Waals surface area contributed by atoms with Crippen LogP contribution in [0.4, 0.5) is 5.69 Å². The Morgan fingerprint density at radius 3 is 2.61 bits per heavy atom. The van der Waals surface area contributed by atoms with E-state index in [1.165, 1.54) is 4.90 Å². The van der Waals surface area contributed by atoms with Crippen LogP contribution in [0, 0.1) is 5.92 Å². The summed E-state index contributed by atoms with van der Waals surface area (Å²) in [6.07, 6.45) is -0.172. The van der Waals surface area contributed by atoms with E-state index in [1.807, 2.05) is 6.07 Å². The zero-order valence-corrected chi connectivity index (χ0v) is 9.96. The van der Waals surface area contributed by atoms with E-state index in [0.717, 1.165) is 0 Å². The Labute approximate surface area is 104 Å². The zero-order valence-electron chi connectivity index (χ0n) is 9.96. The number of rotatable bonds is 2. The molecule has 0 spiro atoms. The van der Waals surface area contributed by atoms with Gasteiger partial charge in [0, 0.05) is 12.7 Å². The Morgan fingerprint density at radius 2 is 1.94 bits per heavy atom. The molecular weight excluding hydrogens is 234 g/mol. The summed E-state index contributed by atoms with van der Waals surface area (Å²) < 4.78 is 4.60. The third-order valence-corrected chi connectivity index (χ3v) is 2.91. The Kier molecular flexibility index (Phi) is 3.41. The third-order valence-electron chi connectivity index (χ3n) is 2.91. The van der Waals surface area contributed by atoms with Crippen molar-refractivity contribution in [2.24, 2.45) is 5.92 Å². The quantitative estimate of drug-likeness (QED) is 0.572. The molecular formula is C13H13NO4. The maximum Gasteiger partial charge on any atom is 0.307 e. The van der Waals surface area contributed by atoms with E-state index in [0.29, 0.717) is 5.69 Å². The summed E-state index contributed by atoms with van der Waals surface area (Å²) in [6.45, 7) is -0.308. The molecule has 1 atom stereocenters. The van der Waals surface area contributed by atoms with Crippen molar-refractivity contribution >= 4 is 23.3 Å². The minimum atomic E-state index is -0.920. The fourth-order valence-corrected chi connectivity index (χ4v) is 1.83. The summed E-state index contributed by atoms with van der Waals surface area (Å²) in [5.41, 5.74) is 0.689. The highest BCUT2D eigenvalue weighted by Crippen LogP contribution is 2.19. The minimum absolute atomic E-state index is 0.172. The highest BCUT2D eigenvalue weighted by Gasteiger charge is 2.36. The van der Waals surface area contributed by atoms with E-state index < -0.39 is 11.9 Å². The van der Waals surface area contributed by atoms with Gasteiger partial charge in [0.05, 0.1) is 6.42 Å². The molecule has 1 aliphatic rings. The molecule has 0 aliphatic carbocycles. The average molecular weight is 247 g/mol. The summed E-state index contributed by atoms with van der Waals surface area (Å²) in [5.74, 6) is -2.14. The number of Topliss-reactive ketones (excluding diaryl/α,β-unsaturated/α-hetero) is 1. The molecule has 1 amide bonds. The average Bonchev–Trinajstić information content (AvgIpc) is 2.41. The number of cyclic esters (lactones) is 1. The first kappa shape index (κ1) is 12.3. The monoisotopic (exact) mass is 247 g/mol. The smallest absolute Gasteiger partial charge is 0.307 e. The number of ether oxygens (including phenoxy) is 1. The van der Waals surface area contributed by atoms with Crippen molar-refractivity contribution in [1.29, 1.82) is 0 Å². The van der Waals surface area contributed by atoms with Crippen LogP contribution in [-0.2, 0) is 19.1 Å². The van der Waals surface area contributed by atoms with Gasteiger partial charge in [-0.1, -0.05) is 18.2 Å². The van der Waals surface area contributed by atoms with E-state index in [4.69, 9.17) is 0 Å². The van der Waals surface area contributed by atoms with Crippen LogP contribution in [0.25, 0.3) is 0 Å². The standard InChI is InChI=1S/C13H13NO4/c1-14(9-5-3-2-4-6-9)13(17)10-7-12(16)18-8-11(10)15/h2-6,10H,7-8H2,1H3. The third kappa shape index (κ3) is 2.40. The van der Waals surface area contributed by atoms with Gasteiger partial charge in [-0.25, -0.2) is 0 Å². The predicted molar refractivity (Wildman–Crippen MR) is 63.9 cm³/mol. The second kappa shape index (κ2) is 5.00. The molecule has 1 saturated heterocycles. The topological polar surface area (TPSA) is 63.7 Å². The van der Waals surface area contributed by atoms with Gasteiger partial charge in [-0.05, 0) is 12.1 Å². The van der Waals surface area contributed by atoms with Crippen LogP contribution < -0.4 is 4.90 Å². The van der Waals surface area contributed by atoms with Crippen molar-refractivity contribution in [3.63, 3.8) is 0 Å². The number of benzene rings is 1. The van der Waals surface area contributed by atoms with E-state index >= 15 is 0 Å². The first-order valence-electron chi connectivity index (χ1n) is 5.60. The molecule has 0 aromatic heterocycles.